The molecule has 1 aliphatic heterocycles. The number of likely N-dealkylation sites (tertiary alicyclic amines) is 1. The highest BCUT2D eigenvalue weighted by molar-refractivity contribution is 5.83. The Hall–Kier alpha value is -1.39. The predicted octanol–water partition coefficient (Wildman–Crippen LogP) is 1.68. The van der Waals surface area contributed by atoms with Crippen LogP contribution in [0.4, 0.5) is 0 Å². The van der Waals surface area contributed by atoms with Crippen LogP contribution in [-0.4, -0.2) is 48.1 Å². The Kier molecular flexibility index (Phi) is 2.94. The van der Waals surface area contributed by atoms with Gasteiger partial charge in [0, 0.05) is 29.9 Å². The average molecular weight is 301 g/mol. The topological polar surface area (TPSA) is 49.8 Å². The number of rotatable bonds is 1. The second kappa shape index (κ2) is 4.56. The van der Waals surface area contributed by atoms with E-state index in [1.54, 1.807) is 7.11 Å². The van der Waals surface area contributed by atoms with Gasteiger partial charge >= 0.3 is 0 Å². The molecule has 0 spiro atoms. The maximum absolute atomic E-state index is 12.3. The van der Waals surface area contributed by atoms with Crippen LogP contribution in [0.3, 0.4) is 0 Å². The molecule has 118 valence electrons. The van der Waals surface area contributed by atoms with Crippen LogP contribution in [0.25, 0.3) is 0 Å². The van der Waals surface area contributed by atoms with Crippen molar-refractivity contribution < 1.29 is 14.6 Å². The van der Waals surface area contributed by atoms with Gasteiger partial charge in [-0.05, 0) is 44.5 Å². The molecule has 0 unspecified atom stereocenters. The van der Waals surface area contributed by atoms with Crippen LogP contribution in [0.5, 0.6) is 5.75 Å². The number of ketones is 1. The number of likely N-dealkylation sites (N-methyl/N-ethyl adjacent to an activating group) is 1. The molecule has 0 radical (unpaired) electrons. The lowest BCUT2D eigenvalue weighted by Gasteiger charge is -2.62. The Balaban J connectivity index is 2.00. The summed E-state index contributed by atoms with van der Waals surface area (Å²) in [4.78, 5) is 14.6. The minimum Gasteiger partial charge on any atom is -0.496 e. The quantitative estimate of drug-likeness (QED) is 0.857. The van der Waals surface area contributed by atoms with Crippen LogP contribution in [0, 0.1) is 0 Å². The zero-order valence-electron chi connectivity index (χ0n) is 13.3. The molecule has 4 heteroatoms. The molecule has 1 aromatic rings. The molecule has 0 aromatic heterocycles. The summed E-state index contributed by atoms with van der Waals surface area (Å²) in [5.41, 5.74) is 1.03. The number of carbonyl (C=O) groups excluding carboxylic acids is 1. The summed E-state index contributed by atoms with van der Waals surface area (Å²) < 4.78 is 5.62. The lowest BCUT2D eigenvalue weighted by Crippen LogP contribution is -2.72. The molecule has 1 heterocycles. The molecule has 2 aliphatic carbocycles. The van der Waals surface area contributed by atoms with Gasteiger partial charge in [-0.2, -0.15) is 0 Å². The molecule has 3 aliphatic rings. The molecule has 3 atom stereocenters. The second-order valence-corrected chi connectivity index (χ2v) is 7.17. The first-order chi connectivity index (χ1) is 10.5. The number of benzene rings is 1. The number of Topliss-reactive ketones (excluding diaryl/α,β-unsaturated/α-hetero) is 1. The highest BCUT2D eigenvalue weighted by Crippen LogP contribution is 2.59. The van der Waals surface area contributed by atoms with Crippen LogP contribution in [0.2, 0.25) is 0 Å². The lowest BCUT2D eigenvalue weighted by molar-refractivity contribution is -0.169. The van der Waals surface area contributed by atoms with Gasteiger partial charge in [0.25, 0.3) is 0 Å². The standard InChI is InChI=1S/C18H23NO3/c1-19-9-8-17-11-13(20)6-7-18(17,21)15(19)10-12-4-3-5-14(22-2)16(12)17/h3-5,15,21H,6-11H2,1-2H3/t15-,17-,18-/m1/s1. The Labute approximate surface area is 131 Å². The number of aliphatic hydroxyl groups is 1. The van der Waals surface area contributed by atoms with Crippen LogP contribution >= 0.6 is 0 Å². The number of ether oxygens (including phenoxy) is 1. The van der Waals surface area contributed by atoms with Gasteiger partial charge in [0.15, 0.2) is 0 Å². The summed E-state index contributed by atoms with van der Waals surface area (Å²) >= 11 is 0. The molecule has 1 saturated heterocycles. The van der Waals surface area contributed by atoms with Gasteiger partial charge in [-0.25, -0.2) is 0 Å². The number of carbonyl (C=O) groups is 1. The fourth-order valence-corrected chi connectivity index (χ4v) is 5.25. The number of hydrogen-bond donors (Lipinski definition) is 1. The summed E-state index contributed by atoms with van der Waals surface area (Å²) in [7, 11) is 3.77. The van der Waals surface area contributed by atoms with Gasteiger partial charge in [-0.15, -0.1) is 0 Å². The summed E-state index contributed by atoms with van der Waals surface area (Å²) in [6, 6.07) is 6.20. The van der Waals surface area contributed by atoms with E-state index in [1.807, 2.05) is 12.1 Å². The average Bonchev–Trinajstić information content (AvgIpc) is 2.51. The van der Waals surface area contributed by atoms with E-state index in [9.17, 15) is 9.90 Å². The van der Waals surface area contributed by atoms with E-state index in [0.29, 0.717) is 19.3 Å². The van der Waals surface area contributed by atoms with Crippen molar-refractivity contribution in [3.05, 3.63) is 29.3 Å². The zero-order valence-corrected chi connectivity index (χ0v) is 13.3. The molecule has 4 nitrogen and oxygen atoms in total. The van der Waals surface area contributed by atoms with Gasteiger partial charge in [0.05, 0.1) is 12.7 Å². The van der Waals surface area contributed by atoms with E-state index in [1.165, 1.54) is 5.56 Å². The minimum absolute atomic E-state index is 0.0916. The SMILES string of the molecule is COc1cccc2c1[C@]13CCN(C)[C@H](C2)[C@]1(O)CCC(=O)C3. The van der Waals surface area contributed by atoms with Gasteiger partial charge in [0.2, 0.25) is 0 Å². The molecule has 1 N–H and O–H groups in total. The monoisotopic (exact) mass is 301 g/mol. The summed E-state index contributed by atoms with van der Waals surface area (Å²) in [5, 5.41) is 11.7. The molecule has 2 bridgehead atoms. The number of methoxy groups -OCH3 is 1. The first-order valence-corrected chi connectivity index (χ1v) is 8.12. The number of hydrogen-bond acceptors (Lipinski definition) is 4. The molecule has 4 rings (SSSR count). The van der Waals surface area contributed by atoms with Gasteiger partial charge in [-0.3, -0.25) is 4.79 Å². The first kappa shape index (κ1) is 14.2. The lowest BCUT2D eigenvalue weighted by atomic mass is 9.49. The third-order valence-electron chi connectivity index (χ3n) is 6.31. The van der Waals surface area contributed by atoms with Crippen molar-refractivity contribution in [2.75, 3.05) is 20.7 Å². The number of nitrogens with zero attached hydrogens (tertiary/aromatic N) is 1. The summed E-state index contributed by atoms with van der Waals surface area (Å²) in [6.45, 7) is 0.914. The second-order valence-electron chi connectivity index (χ2n) is 7.17. The Morgan fingerprint density at radius 3 is 2.95 bits per heavy atom. The number of fused-ring (bicyclic) bond motifs is 1. The normalized spacial score (nSPS) is 37.4. The van der Waals surface area contributed by atoms with Crippen LogP contribution < -0.4 is 4.74 Å². The summed E-state index contributed by atoms with van der Waals surface area (Å²) in [6.07, 6.45) is 3.15. The molecule has 22 heavy (non-hydrogen) atoms. The third-order valence-corrected chi connectivity index (χ3v) is 6.31. The summed E-state index contributed by atoms with van der Waals surface area (Å²) in [5.74, 6) is 1.10. The van der Waals surface area contributed by atoms with E-state index < -0.39 is 11.0 Å². The van der Waals surface area contributed by atoms with E-state index in [2.05, 4.69) is 18.0 Å². The van der Waals surface area contributed by atoms with Crippen LogP contribution in [0.1, 0.15) is 36.8 Å². The predicted molar refractivity (Wildman–Crippen MR) is 83.2 cm³/mol. The highest BCUT2D eigenvalue weighted by Gasteiger charge is 2.64. The van der Waals surface area contributed by atoms with Crippen molar-refractivity contribution in [1.29, 1.82) is 0 Å². The van der Waals surface area contributed by atoms with E-state index in [0.717, 1.165) is 30.7 Å². The van der Waals surface area contributed by atoms with E-state index in [-0.39, 0.29) is 11.8 Å². The smallest absolute Gasteiger partial charge is 0.134 e. The molecule has 1 saturated carbocycles. The Bertz CT molecular complexity index is 643. The fraction of sp³-hybridized carbons (Fsp3) is 0.611. The van der Waals surface area contributed by atoms with Crippen LogP contribution in [-0.2, 0) is 16.6 Å². The molecule has 0 amide bonds. The molecule has 2 fully saturated rings. The van der Waals surface area contributed by atoms with Crippen molar-refractivity contribution in [1.82, 2.24) is 4.90 Å². The van der Waals surface area contributed by atoms with Gasteiger partial charge < -0.3 is 14.7 Å². The first-order valence-electron chi connectivity index (χ1n) is 8.12. The van der Waals surface area contributed by atoms with E-state index in [4.69, 9.17) is 4.74 Å². The fourth-order valence-electron chi connectivity index (χ4n) is 5.25. The minimum atomic E-state index is -0.824. The molecule has 1 aromatic carbocycles. The molecular formula is C18H23NO3. The van der Waals surface area contributed by atoms with Crippen molar-refractivity contribution >= 4 is 5.78 Å². The van der Waals surface area contributed by atoms with Crippen molar-refractivity contribution in [3.8, 4) is 5.75 Å². The Morgan fingerprint density at radius 1 is 1.36 bits per heavy atom. The third kappa shape index (κ3) is 1.57. The zero-order chi connectivity index (χ0) is 15.5. The maximum Gasteiger partial charge on any atom is 0.134 e. The van der Waals surface area contributed by atoms with Gasteiger partial charge in [-0.1, -0.05) is 12.1 Å². The van der Waals surface area contributed by atoms with E-state index >= 15 is 0 Å². The molecular weight excluding hydrogens is 278 g/mol. The van der Waals surface area contributed by atoms with Gasteiger partial charge in [0.1, 0.15) is 11.5 Å². The number of piperidine rings is 1. The maximum atomic E-state index is 12.3. The largest absolute Gasteiger partial charge is 0.496 e. The Morgan fingerprint density at radius 2 is 2.18 bits per heavy atom. The van der Waals surface area contributed by atoms with Crippen molar-refractivity contribution in [3.63, 3.8) is 0 Å². The highest BCUT2D eigenvalue weighted by atomic mass is 16.5. The van der Waals surface area contributed by atoms with Crippen molar-refractivity contribution in [2.24, 2.45) is 0 Å². The van der Waals surface area contributed by atoms with Crippen molar-refractivity contribution in [2.45, 2.75) is 49.2 Å². The van der Waals surface area contributed by atoms with Crippen LogP contribution in [0.15, 0.2) is 18.2 Å².